The van der Waals surface area contributed by atoms with E-state index < -0.39 is 0 Å². The van der Waals surface area contributed by atoms with E-state index in [4.69, 9.17) is 15.7 Å². The second-order valence-electron chi connectivity index (χ2n) is 4.65. The summed E-state index contributed by atoms with van der Waals surface area (Å²) in [5, 5.41) is 19.4. The summed E-state index contributed by atoms with van der Waals surface area (Å²) in [5.41, 5.74) is 8.63. The molecule has 0 saturated heterocycles. The van der Waals surface area contributed by atoms with Crippen molar-refractivity contribution in [1.29, 1.82) is 10.5 Å². The van der Waals surface area contributed by atoms with Gasteiger partial charge in [0.15, 0.2) is 17.7 Å². The second-order valence-corrected chi connectivity index (χ2v) is 4.65. The molecule has 0 atom stereocenters. The van der Waals surface area contributed by atoms with Crippen molar-refractivity contribution in [2.24, 2.45) is 0 Å². The first-order valence-corrected chi connectivity index (χ1v) is 6.20. The Morgan fingerprint density at radius 3 is 2.71 bits per heavy atom. The second kappa shape index (κ2) is 4.39. The van der Waals surface area contributed by atoms with Crippen molar-refractivity contribution in [1.82, 2.24) is 9.55 Å². The van der Waals surface area contributed by atoms with E-state index in [-0.39, 0.29) is 11.4 Å². The van der Waals surface area contributed by atoms with E-state index in [0.717, 1.165) is 21.1 Å². The van der Waals surface area contributed by atoms with Crippen molar-refractivity contribution >= 4 is 16.6 Å². The van der Waals surface area contributed by atoms with Crippen molar-refractivity contribution in [3.05, 3.63) is 29.5 Å². The topological polar surface area (TPSA) is 101 Å². The number of benzene rings is 1. The van der Waals surface area contributed by atoms with Crippen molar-refractivity contribution in [3.63, 3.8) is 0 Å². The van der Waals surface area contributed by atoms with Crippen LogP contribution >= 0.6 is 0 Å². The maximum Gasteiger partial charge on any atom is 0.191 e. The van der Waals surface area contributed by atoms with Crippen LogP contribution in [0.15, 0.2) is 18.2 Å². The zero-order valence-electron chi connectivity index (χ0n) is 11.5. The highest BCUT2D eigenvalue weighted by Crippen LogP contribution is 2.39. The lowest BCUT2D eigenvalue weighted by molar-refractivity contribution is 0.419. The summed E-state index contributed by atoms with van der Waals surface area (Å²) in [6.07, 6.45) is 1.96. The molecule has 3 rings (SSSR count). The highest BCUT2D eigenvalue weighted by Gasteiger charge is 2.23. The average molecular weight is 277 g/mol. The maximum absolute atomic E-state index is 9.33. The molecule has 0 saturated carbocycles. The number of methoxy groups -OCH3 is 1. The third-order valence-corrected chi connectivity index (χ3v) is 3.51. The lowest BCUT2D eigenvalue weighted by Gasteiger charge is -2.09. The van der Waals surface area contributed by atoms with Crippen LogP contribution in [0.3, 0.4) is 0 Å². The molecule has 0 amide bonds. The Labute approximate surface area is 120 Å². The molecule has 2 aliphatic heterocycles. The molecular formula is C15H11N5O. The Kier molecular flexibility index (Phi) is 2.67. The van der Waals surface area contributed by atoms with E-state index in [1.807, 2.05) is 31.3 Å². The number of aromatic nitrogens is 2. The van der Waals surface area contributed by atoms with E-state index in [1.165, 1.54) is 0 Å². The summed E-state index contributed by atoms with van der Waals surface area (Å²) in [6, 6.07) is 7.37. The van der Waals surface area contributed by atoms with Gasteiger partial charge >= 0.3 is 0 Å². The van der Waals surface area contributed by atoms with E-state index in [2.05, 4.69) is 4.98 Å². The van der Waals surface area contributed by atoms with Gasteiger partial charge in [-0.3, -0.25) is 0 Å². The molecule has 21 heavy (non-hydrogen) atoms. The van der Waals surface area contributed by atoms with Gasteiger partial charge in [-0.05, 0) is 24.6 Å². The van der Waals surface area contributed by atoms with Crippen LogP contribution in [0.5, 0.6) is 5.75 Å². The van der Waals surface area contributed by atoms with Crippen molar-refractivity contribution in [3.8, 4) is 29.4 Å². The van der Waals surface area contributed by atoms with Gasteiger partial charge in [0.05, 0.1) is 12.8 Å². The molecule has 0 bridgehead atoms. The monoisotopic (exact) mass is 277 g/mol. The number of hydrogen-bond donors (Lipinski definition) is 1. The summed E-state index contributed by atoms with van der Waals surface area (Å²) < 4.78 is 6.48. The van der Waals surface area contributed by atoms with Gasteiger partial charge in [0.1, 0.15) is 17.3 Å². The summed E-state index contributed by atoms with van der Waals surface area (Å²) >= 11 is 0. The molecule has 0 fully saturated rings. The van der Waals surface area contributed by atoms with E-state index in [9.17, 15) is 5.26 Å². The Balaban J connectivity index is 2.59. The number of hydrogen-bond acceptors (Lipinski definition) is 5. The maximum atomic E-state index is 9.33. The number of ether oxygens (including phenoxy) is 1. The highest BCUT2D eigenvalue weighted by molar-refractivity contribution is 6.02. The Hall–Kier alpha value is -3.25. The molecule has 0 aromatic heterocycles. The van der Waals surface area contributed by atoms with Crippen molar-refractivity contribution < 1.29 is 4.74 Å². The SMILES string of the molecule is COc1ccc(C)c2c3cc(N)c(C#N)n(C#N)c-3nc12. The normalized spacial score (nSPS) is 10.5. The number of aryl methyl sites for hydroxylation is 1. The Morgan fingerprint density at radius 2 is 2.10 bits per heavy atom. The smallest absolute Gasteiger partial charge is 0.191 e. The van der Waals surface area contributed by atoms with Gasteiger partial charge in [-0.1, -0.05) is 6.07 Å². The van der Waals surface area contributed by atoms with Crippen molar-refractivity contribution in [2.75, 3.05) is 12.8 Å². The van der Waals surface area contributed by atoms with Crippen LogP contribution in [0.25, 0.3) is 22.3 Å². The van der Waals surface area contributed by atoms with Gasteiger partial charge in [-0.2, -0.15) is 10.5 Å². The van der Waals surface area contributed by atoms with Crippen LogP contribution in [0.2, 0.25) is 0 Å². The Morgan fingerprint density at radius 1 is 1.33 bits per heavy atom. The summed E-state index contributed by atoms with van der Waals surface area (Å²) in [4.78, 5) is 4.48. The molecule has 0 spiro atoms. The van der Waals surface area contributed by atoms with E-state index >= 15 is 0 Å². The lowest BCUT2D eigenvalue weighted by Crippen LogP contribution is -2.06. The molecule has 1 aromatic carbocycles. The number of nitrogens with two attached hydrogens (primary N) is 1. The quantitative estimate of drug-likeness (QED) is 0.735. The van der Waals surface area contributed by atoms with E-state index in [0.29, 0.717) is 17.1 Å². The predicted octanol–water partition coefficient (Wildman–Crippen LogP) is 2.24. The fourth-order valence-electron chi connectivity index (χ4n) is 2.54. The minimum Gasteiger partial charge on any atom is -0.494 e. The van der Waals surface area contributed by atoms with Crippen LogP contribution in [-0.4, -0.2) is 16.7 Å². The number of nitrogens with zero attached hydrogens (tertiary/aromatic N) is 4. The van der Waals surface area contributed by atoms with Gasteiger partial charge < -0.3 is 10.5 Å². The standard InChI is InChI=1S/C15H11N5O/c1-8-3-4-12(21-2)14-13(8)9-5-10(18)11(6-16)20(7-17)15(9)19-14/h3-5H,18H2,1-2H3. The summed E-state index contributed by atoms with van der Waals surface area (Å²) in [7, 11) is 1.57. The third kappa shape index (κ3) is 1.60. The molecule has 2 N–H and O–H groups in total. The van der Waals surface area contributed by atoms with Crippen LogP contribution < -0.4 is 10.5 Å². The summed E-state index contributed by atoms with van der Waals surface area (Å²) in [5.74, 6) is 1.03. The first-order chi connectivity index (χ1) is 10.1. The first kappa shape index (κ1) is 12.8. The lowest BCUT2D eigenvalue weighted by atomic mass is 10.0. The number of nitrogen functional groups attached to an aromatic ring is 1. The molecule has 2 heterocycles. The minimum absolute atomic E-state index is 0.0874. The van der Waals surface area contributed by atoms with Crippen LogP contribution in [0.4, 0.5) is 5.69 Å². The van der Waals surface area contributed by atoms with Gasteiger partial charge in [-0.25, -0.2) is 9.55 Å². The number of anilines is 1. The zero-order valence-corrected chi connectivity index (χ0v) is 11.5. The zero-order chi connectivity index (χ0) is 15.1. The first-order valence-electron chi connectivity index (χ1n) is 6.20. The van der Waals surface area contributed by atoms with Crippen LogP contribution in [0.1, 0.15) is 11.3 Å². The van der Waals surface area contributed by atoms with E-state index in [1.54, 1.807) is 13.2 Å². The molecule has 0 unspecified atom stereocenters. The third-order valence-electron chi connectivity index (χ3n) is 3.51. The van der Waals surface area contributed by atoms with Gasteiger partial charge in [0.25, 0.3) is 0 Å². The van der Waals surface area contributed by atoms with Crippen LogP contribution in [-0.2, 0) is 0 Å². The van der Waals surface area contributed by atoms with Gasteiger partial charge in [0, 0.05) is 10.9 Å². The highest BCUT2D eigenvalue weighted by atomic mass is 16.5. The fourth-order valence-corrected chi connectivity index (χ4v) is 2.54. The number of nitriles is 2. The Bertz CT molecular complexity index is 926. The largest absolute Gasteiger partial charge is 0.494 e. The molecule has 2 aliphatic rings. The summed E-state index contributed by atoms with van der Waals surface area (Å²) in [6.45, 7) is 1.95. The van der Waals surface area contributed by atoms with Gasteiger partial charge in [0.2, 0.25) is 0 Å². The molecule has 1 aromatic rings. The fraction of sp³-hybridized carbons (Fsp3) is 0.133. The number of fused-ring (bicyclic) bond motifs is 3. The minimum atomic E-state index is 0.0874. The molecule has 102 valence electrons. The number of rotatable bonds is 1. The van der Waals surface area contributed by atoms with Crippen LogP contribution in [0, 0.1) is 29.7 Å². The molecule has 0 radical (unpaired) electrons. The predicted molar refractivity (Wildman–Crippen MR) is 77.8 cm³/mol. The molecule has 6 heteroatoms. The number of pyridine rings is 1. The molecule has 6 nitrogen and oxygen atoms in total. The molecular weight excluding hydrogens is 266 g/mol. The van der Waals surface area contributed by atoms with Crippen molar-refractivity contribution in [2.45, 2.75) is 6.92 Å². The average Bonchev–Trinajstić information content (AvgIpc) is 2.86. The van der Waals surface area contributed by atoms with Gasteiger partial charge in [-0.15, -0.1) is 0 Å². The molecule has 0 aliphatic carbocycles.